The fourth-order valence-electron chi connectivity index (χ4n) is 2.18. The number of ether oxygens (including phenoxy) is 2. The fourth-order valence-corrected chi connectivity index (χ4v) is 2.23. The molecule has 132 valence electrons. The van der Waals surface area contributed by atoms with Crippen LogP contribution >= 0.6 is 12.2 Å². The summed E-state index contributed by atoms with van der Waals surface area (Å²) in [5, 5.41) is 7.32. The Kier molecular flexibility index (Phi) is 7.22. The van der Waals surface area contributed by atoms with Crippen LogP contribution < -0.4 is 20.2 Å². The van der Waals surface area contributed by atoms with Crippen LogP contribution in [0.5, 0.6) is 11.5 Å². The van der Waals surface area contributed by atoms with Gasteiger partial charge in [0.05, 0.1) is 12.8 Å². The van der Waals surface area contributed by atoms with Crippen molar-refractivity contribution in [1.29, 1.82) is 0 Å². The molecule has 0 spiro atoms. The minimum atomic E-state index is 0.458. The lowest BCUT2D eigenvalue weighted by atomic mass is 10.1. The van der Waals surface area contributed by atoms with E-state index in [1.165, 1.54) is 5.56 Å². The molecule has 0 saturated heterocycles. The zero-order chi connectivity index (χ0) is 18.1. The van der Waals surface area contributed by atoms with Crippen molar-refractivity contribution in [3.63, 3.8) is 0 Å². The molecule has 0 amide bonds. The number of nitrogens with one attached hydrogen (secondary N) is 2. The Labute approximate surface area is 154 Å². The van der Waals surface area contributed by atoms with Gasteiger partial charge in [0.2, 0.25) is 0 Å². The third kappa shape index (κ3) is 6.08. The molecule has 2 aromatic rings. The van der Waals surface area contributed by atoms with E-state index < -0.39 is 0 Å². The van der Waals surface area contributed by atoms with Gasteiger partial charge >= 0.3 is 0 Å². The van der Waals surface area contributed by atoms with Gasteiger partial charge in [0.15, 0.2) is 16.6 Å². The predicted octanol–water partition coefficient (Wildman–Crippen LogP) is 3.40. The molecule has 0 heterocycles. The second-order valence-corrected chi connectivity index (χ2v) is 5.77. The van der Waals surface area contributed by atoms with E-state index in [9.17, 15) is 0 Å². The Hall–Kier alpha value is -2.60. The van der Waals surface area contributed by atoms with Gasteiger partial charge in [-0.15, -0.1) is 0 Å². The number of benzene rings is 2. The Morgan fingerprint density at radius 1 is 1.16 bits per heavy atom. The SMILES string of the molecule is CCOc1cc(C=NNC(=S)NC)ccc1OCc1cccc(C)c1. The number of aryl methyl sites for hydroxylation is 1. The standard InChI is InChI=1S/C19H23N3O2S/c1-4-23-18-11-15(12-21-22-19(25)20-3)8-9-17(18)24-13-16-7-5-6-14(2)10-16/h5-12H,4,13H2,1-3H3,(H2,20,22,25). The monoisotopic (exact) mass is 357 g/mol. The van der Waals surface area contributed by atoms with Gasteiger partial charge in [-0.3, -0.25) is 5.43 Å². The third-order valence-corrected chi connectivity index (χ3v) is 3.65. The molecule has 0 atom stereocenters. The highest BCUT2D eigenvalue weighted by Crippen LogP contribution is 2.29. The van der Waals surface area contributed by atoms with Gasteiger partial charge in [0.25, 0.3) is 0 Å². The molecule has 6 heteroatoms. The van der Waals surface area contributed by atoms with E-state index in [2.05, 4.69) is 34.9 Å². The van der Waals surface area contributed by atoms with E-state index in [-0.39, 0.29) is 0 Å². The van der Waals surface area contributed by atoms with Crippen LogP contribution in [0, 0.1) is 6.92 Å². The van der Waals surface area contributed by atoms with Crippen LogP contribution in [0.4, 0.5) is 0 Å². The van der Waals surface area contributed by atoms with Crippen LogP contribution in [0.3, 0.4) is 0 Å². The van der Waals surface area contributed by atoms with E-state index in [4.69, 9.17) is 21.7 Å². The van der Waals surface area contributed by atoms with Crippen LogP contribution in [-0.2, 0) is 6.61 Å². The molecule has 0 aromatic heterocycles. The lowest BCUT2D eigenvalue weighted by Crippen LogP contribution is -2.28. The van der Waals surface area contributed by atoms with E-state index >= 15 is 0 Å². The summed E-state index contributed by atoms with van der Waals surface area (Å²) >= 11 is 4.97. The first-order chi connectivity index (χ1) is 12.1. The topological polar surface area (TPSA) is 54.9 Å². The van der Waals surface area contributed by atoms with Crippen molar-refractivity contribution in [2.24, 2.45) is 5.10 Å². The Bertz CT molecular complexity index is 747. The van der Waals surface area contributed by atoms with Crippen molar-refractivity contribution in [1.82, 2.24) is 10.7 Å². The maximum Gasteiger partial charge on any atom is 0.186 e. The van der Waals surface area contributed by atoms with E-state index in [1.54, 1.807) is 13.3 Å². The molecular formula is C19H23N3O2S. The molecule has 2 N–H and O–H groups in total. The molecule has 2 rings (SSSR count). The van der Waals surface area contributed by atoms with Crippen molar-refractivity contribution in [2.75, 3.05) is 13.7 Å². The largest absolute Gasteiger partial charge is 0.490 e. The maximum atomic E-state index is 5.93. The molecule has 0 aliphatic carbocycles. The van der Waals surface area contributed by atoms with Crippen LogP contribution in [0.15, 0.2) is 47.6 Å². The molecule has 0 saturated carbocycles. The predicted molar refractivity (Wildman–Crippen MR) is 106 cm³/mol. The van der Waals surface area contributed by atoms with Gasteiger partial charge in [-0.25, -0.2) is 0 Å². The number of rotatable bonds is 7. The minimum absolute atomic E-state index is 0.458. The molecule has 0 unspecified atom stereocenters. The summed E-state index contributed by atoms with van der Waals surface area (Å²) in [4.78, 5) is 0. The lowest BCUT2D eigenvalue weighted by molar-refractivity contribution is 0.269. The molecule has 5 nitrogen and oxygen atoms in total. The average molecular weight is 357 g/mol. The molecule has 25 heavy (non-hydrogen) atoms. The second-order valence-electron chi connectivity index (χ2n) is 5.37. The summed E-state index contributed by atoms with van der Waals surface area (Å²) in [7, 11) is 1.73. The summed E-state index contributed by atoms with van der Waals surface area (Å²) in [5.41, 5.74) is 5.94. The van der Waals surface area contributed by atoms with Crippen molar-refractivity contribution in [3.05, 3.63) is 59.2 Å². The lowest BCUT2D eigenvalue weighted by Gasteiger charge is -2.13. The third-order valence-electron chi connectivity index (χ3n) is 3.35. The highest BCUT2D eigenvalue weighted by molar-refractivity contribution is 7.80. The van der Waals surface area contributed by atoms with Crippen molar-refractivity contribution >= 4 is 23.5 Å². The van der Waals surface area contributed by atoms with Crippen molar-refractivity contribution in [3.8, 4) is 11.5 Å². The summed E-state index contributed by atoms with van der Waals surface area (Å²) < 4.78 is 11.6. The zero-order valence-corrected chi connectivity index (χ0v) is 15.5. The fraction of sp³-hybridized carbons (Fsp3) is 0.263. The van der Waals surface area contributed by atoms with Gasteiger partial charge in [-0.1, -0.05) is 29.8 Å². The van der Waals surface area contributed by atoms with Gasteiger partial charge < -0.3 is 14.8 Å². The van der Waals surface area contributed by atoms with Crippen molar-refractivity contribution < 1.29 is 9.47 Å². The Balaban J connectivity index is 2.08. The van der Waals surface area contributed by atoms with Crippen molar-refractivity contribution in [2.45, 2.75) is 20.5 Å². The minimum Gasteiger partial charge on any atom is -0.490 e. The molecule has 0 aliphatic heterocycles. The van der Waals surface area contributed by atoms with Gasteiger partial charge in [0, 0.05) is 7.05 Å². The number of nitrogens with zero attached hydrogens (tertiary/aromatic N) is 1. The Morgan fingerprint density at radius 3 is 2.72 bits per heavy atom. The van der Waals surface area contributed by atoms with E-state index in [0.717, 1.165) is 11.1 Å². The highest BCUT2D eigenvalue weighted by Gasteiger charge is 2.06. The number of thiocarbonyl (C=S) groups is 1. The molecule has 0 bridgehead atoms. The molecule has 2 aromatic carbocycles. The van der Waals surface area contributed by atoms with E-state index in [0.29, 0.717) is 29.8 Å². The smallest absolute Gasteiger partial charge is 0.186 e. The second kappa shape index (κ2) is 9.64. The number of hydrogen-bond acceptors (Lipinski definition) is 4. The normalized spacial score (nSPS) is 10.5. The van der Waals surface area contributed by atoms with Gasteiger partial charge in [-0.2, -0.15) is 5.10 Å². The summed E-state index contributed by atoms with van der Waals surface area (Å²) in [6, 6.07) is 13.9. The summed E-state index contributed by atoms with van der Waals surface area (Å²) in [5.74, 6) is 1.40. The molecule has 0 fully saturated rings. The number of hydrogen-bond donors (Lipinski definition) is 2. The quantitative estimate of drug-likeness (QED) is 0.452. The molecular weight excluding hydrogens is 334 g/mol. The maximum absolute atomic E-state index is 5.93. The molecule has 0 aliphatic rings. The van der Waals surface area contributed by atoms with Crippen LogP contribution in [0.1, 0.15) is 23.6 Å². The Morgan fingerprint density at radius 2 is 2.00 bits per heavy atom. The first-order valence-electron chi connectivity index (χ1n) is 8.08. The number of hydrazone groups is 1. The average Bonchev–Trinajstić information content (AvgIpc) is 2.61. The van der Waals surface area contributed by atoms with E-state index in [1.807, 2.05) is 37.3 Å². The first kappa shape index (κ1) is 18.7. The summed E-state index contributed by atoms with van der Waals surface area (Å²) in [6.07, 6.45) is 1.68. The summed E-state index contributed by atoms with van der Waals surface area (Å²) in [6.45, 7) is 5.06. The van der Waals surface area contributed by atoms with Crippen LogP contribution in [-0.4, -0.2) is 25.0 Å². The highest BCUT2D eigenvalue weighted by atomic mass is 32.1. The first-order valence-corrected chi connectivity index (χ1v) is 8.49. The zero-order valence-electron chi connectivity index (χ0n) is 14.7. The van der Waals surface area contributed by atoms with Crippen LogP contribution in [0.2, 0.25) is 0 Å². The van der Waals surface area contributed by atoms with Gasteiger partial charge in [0.1, 0.15) is 6.61 Å². The molecule has 0 radical (unpaired) electrons. The van der Waals surface area contributed by atoms with Crippen LogP contribution in [0.25, 0.3) is 0 Å². The van der Waals surface area contributed by atoms with Gasteiger partial charge in [-0.05, 0) is 55.4 Å².